The molecular weight excluding hydrogens is 486 g/mol. The van der Waals surface area contributed by atoms with E-state index in [1.54, 1.807) is 18.5 Å². The van der Waals surface area contributed by atoms with Gasteiger partial charge in [-0.2, -0.15) is 0 Å². The van der Waals surface area contributed by atoms with Crippen LogP contribution in [0.25, 0.3) is 10.9 Å². The molecule has 6 nitrogen and oxygen atoms in total. The minimum absolute atomic E-state index is 0.244. The number of pyridine rings is 2. The SMILES string of the molecule is COC(=O)c1ccc(Cn2cc(C(C)(c3ccc(OCc4ccccn4)cc3)C(C)C)c3ccccc32)nc1. The van der Waals surface area contributed by atoms with Crippen molar-refractivity contribution >= 4 is 16.9 Å². The van der Waals surface area contributed by atoms with E-state index in [2.05, 4.69) is 77.9 Å². The zero-order chi connectivity index (χ0) is 27.4. The number of fused-ring (bicyclic) bond motifs is 1. The predicted molar refractivity (Wildman–Crippen MR) is 153 cm³/mol. The summed E-state index contributed by atoms with van der Waals surface area (Å²) in [5.74, 6) is 0.762. The van der Waals surface area contributed by atoms with Crippen molar-refractivity contribution in [1.82, 2.24) is 14.5 Å². The van der Waals surface area contributed by atoms with Gasteiger partial charge >= 0.3 is 5.97 Å². The van der Waals surface area contributed by atoms with Gasteiger partial charge in [-0.25, -0.2) is 4.79 Å². The minimum atomic E-state index is -0.386. The fourth-order valence-electron chi connectivity index (χ4n) is 5.06. The average molecular weight is 520 g/mol. The van der Waals surface area contributed by atoms with E-state index in [1.807, 2.05) is 36.4 Å². The number of hydrogen-bond donors (Lipinski definition) is 0. The standard InChI is InChI=1S/C33H33N3O3/c1-23(2)33(3,25-13-16-28(17-14-25)39-22-27-9-7-8-18-34-27)30-21-36(31-11-6-5-10-29(30)31)20-26-15-12-24(19-35-26)32(37)38-4/h5-19,21,23H,20,22H2,1-4H3. The van der Waals surface area contributed by atoms with Gasteiger partial charge in [-0.3, -0.25) is 9.97 Å². The maximum atomic E-state index is 11.8. The Labute approximate surface area is 229 Å². The number of carbonyl (C=O) groups is 1. The summed E-state index contributed by atoms with van der Waals surface area (Å²) < 4.78 is 13.0. The Bertz CT molecular complexity index is 1560. The first kappa shape index (κ1) is 26.2. The molecule has 39 heavy (non-hydrogen) atoms. The van der Waals surface area contributed by atoms with Crippen molar-refractivity contribution in [3.05, 3.63) is 126 Å². The molecule has 0 aliphatic rings. The van der Waals surface area contributed by atoms with Crippen LogP contribution in [0, 0.1) is 5.92 Å². The van der Waals surface area contributed by atoms with Gasteiger partial charge in [0.15, 0.2) is 0 Å². The Morgan fingerprint density at radius 1 is 0.923 bits per heavy atom. The summed E-state index contributed by atoms with van der Waals surface area (Å²) >= 11 is 0. The van der Waals surface area contributed by atoms with Crippen LogP contribution in [-0.4, -0.2) is 27.6 Å². The van der Waals surface area contributed by atoms with Crippen molar-refractivity contribution in [3.63, 3.8) is 0 Å². The lowest BCUT2D eigenvalue weighted by atomic mass is 9.68. The van der Waals surface area contributed by atoms with Crippen LogP contribution in [0.5, 0.6) is 5.75 Å². The first-order valence-corrected chi connectivity index (χ1v) is 13.1. The van der Waals surface area contributed by atoms with E-state index in [9.17, 15) is 4.79 Å². The zero-order valence-electron chi connectivity index (χ0n) is 22.8. The van der Waals surface area contributed by atoms with Gasteiger partial charge in [-0.15, -0.1) is 0 Å². The number of nitrogens with zero attached hydrogens (tertiary/aromatic N) is 3. The predicted octanol–water partition coefficient (Wildman–Crippen LogP) is 6.81. The van der Waals surface area contributed by atoms with E-state index in [0.29, 0.717) is 24.6 Å². The first-order valence-electron chi connectivity index (χ1n) is 13.1. The van der Waals surface area contributed by atoms with Crippen LogP contribution < -0.4 is 4.74 Å². The van der Waals surface area contributed by atoms with Crippen LogP contribution in [0.3, 0.4) is 0 Å². The molecule has 0 aliphatic carbocycles. The Hall–Kier alpha value is -4.45. The monoisotopic (exact) mass is 519 g/mol. The minimum Gasteiger partial charge on any atom is -0.487 e. The van der Waals surface area contributed by atoms with Crippen molar-refractivity contribution in [2.45, 2.75) is 39.3 Å². The van der Waals surface area contributed by atoms with Crippen LogP contribution in [0.1, 0.15) is 53.6 Å². The molecule has 3 aromatic heterocycles. The number of aromatic nitrogens is 3. The van der Waals surface area contributed by atoms with Gasteiger partial charge in [-0.1, -0.05) is 57.2 Å². The Morgan fingerprint density at radius 3 is 2.36 bits per heavy atom. The van der Waals surface area contributed by atoms with Crippen molar-refractivity contribution < 1.29 is 14.3 Å². The Balaban J connectivity index is 1.46. The molecule has 0 fully saturated rings. The number of carbonyl (C=O) groups excluding carboxylic acids is 1. The van der Waals surface area contributed by atoms with Gasteiger partial charge in [0.05, 0.1) is 30.6 Å². The van der Waals surface area contributed by atoms with E-state index >= 15 is 0 Å². The second kappa shape index (κ2) is 11.1. The molecule has 0 aliphatic heterocycles. The molecular formula is C33H33N3O3. The first-order chi connectivity index (χ1) is 18.9. The summed E-state index contributed by atoms with van der Waals surface area (Å²) in [6, 6.07) is 26.4. The molecule has 2 aromatic carbocycles. The maximum Gasteiger partial charge on any atom is 0.339 e. The highest BCUT2D eigenvalue weighted by atomic mass is 16.5. The molecule has 0 saturated carbocycles. The third-order valence-corrected chi connectivity index (χ3v) is 7.65. The Kier molecular flexibility index (Phi) is 7.46. The second-order valence-corrected chi connectivity index (χ2v) is 10.2. The van der Waals surface area contributed by atoms with E-state index in [0.717, 1.165) is 22.7 Å². The average Bonchev–Trinajstić information content (AvgIpc) is 3.35. The third-order valence-electron chi connectivity index (χ3n) is 7.65. The van der Waals surface area contributed by atoms with Gasteiger partial charge in [0.25, 0.3) is 0 Å². The molecule has 5 aromatic rings. The van der Waals surface area contributed by atoms with Crippen LogP contribution >= 0.6 is 0 Å². The topological polar surface area (TPSA) is 66.2 Å². The van der Waals surface area contributed by atoms with E-state index < -0.39 is 0 Å². The van der Waals surface area contributed by atoms with E-state index in [-0.39, 0.29) is 11.4 Å². The third kappa shape index (κ3) is 5.28. The Morgan fingerprint density at radius 2 is 1.69 bits per heavy atom. The molecule has 6 heteroatoms. The highest BCUT2D eigenvalue weighted by molar-refractivity contribution is 5.89. The highest BCUT2D eigenvalue weighted by Gasteiger charge is 2.35. The molecule has 0 amide bonds. The molecule has 0 spiro atoms. The number of para-hydroxylation sites is 1. The molecule has 3 heterocycles. The second-order valence-electron chi connectivity index (χ2n) is 10.2. The normalized spacial score (nSPS) is 12.8. The van der Waals surface area contributed by atoms with Crippen LogP contribution in [0.4, 0.5) is 0 Å². The van der Waals surface area contributed by atoms with Gasteiger partial charge < -0.3 is 14.0 Å². The molecule has 0 bridgehead atoms. The molecule has 5 rings (SSSR count). The largest absolute Gasteiger partial charge is 0.487 e. The lowest BCUT2D eigenvalue weighted by molar-refractivity contribution is 0.0600. The van der Waals surface area contributed by atoms with Crippen molar-refractivity contribution in [2.75, 3.05) is 7.11 Å². The number of rotatable bonds is 9. The molecule has 0 radical (unpaired) electrons. The van der Waals surface area contributed by atoms with Crippen molar-refractivity contribution in [2.24, 2.45) is 5.92 Å². The lowest BCUT2D eigenvalue weighted by Crippen LogP contribution is -2.30. The highest BCUT2D eigenvalue weighted by Crippen LogP contribution is 2.43. The van der Waals surface area contributed by atoms with Gasteiger partial charge in [0.1, 0.15) is 12.4 Å². The fraction of sp³-hybridized carbons (Fsp3) is 0.242. The van der Waals surface area contributed by atoms with Gasteiger partial charge in [0.2, 0.25) is 0 Å². The maximum absolute atomic E-state index is 11.8. The van der Waals surface area contributed by atoms with Gasteiger partial charge in [0, 0.05) is 34.9 Å². The number of methoxy groups -OCH3 is 1. The smallest absolute Gasteiger partial charge is 0.339 e. The quantitative estimate of drug-likeness (QED) is 0.200. The fourth-order valence-corrected chi connectivity index (χ4v) is 5.06. The molecule has 0 saturated heterocycles. The summed E-state index contributed by atoms with van der Waals surface area (Å²) in [7, 11) is 1.37. The van der Waals surface area contributed by atoms with Crippen molar-refractivity contribution in [1.29, 1.82) is 0 Å². The molecule has 0 N–H and O–H groups in total. The van der Waals surface area contributed by atoms with Crippen LogP contribution in [-0.2, 0) is 23.3 Å². The van der Waals surface area contributed by atoms with E-state index in [4.69, 9.17) is 9.47 Å². The summed E-state index contributed by atoms with van der Waals surface area (Å²) in [5.41, 5.74) is 5.61. The lowest BCUT2D eigenvalue weighted by Gasteiger charge is -2.35. The number of ether oxygens (including phenoxy) is 2. The summed E-state index contributed by atoms with van der Waals surface area (Å²) in [6.45, 7) is 7.88. The summed E-state index contributed by atoms with van der Waals surface area (Å²) in [4.78, 5) is 20.7. The molecule has 198 valence electrons. The van der Waals surface area contributed by atoms with Crippen molar-refractivity contribution in [3.8, 4) is 5.75 Å². The zero-order valence-corrected chi connectivity index (χ0v) is 22.8. The van der Waals surface area contributed by atoms with E-state index in [1.165, 1.54) is 23.6 Å². The number of benzene rings is 2. The number of esters is 1. The summed E-state index contributed by atoms with van der Waals surface area (Å²) in [6.07, 6.45) is 5.61. The van der Waals surface area contributed by atoms with Gasteiger partial charge in [-0.05, 0) is 59.5 Å². The number of hydrogen-bond acceptors (Lipinski definition) is 5. The van der Waals surface area contributed by atoms with Crippen LogP contribution in [0.2, 0.25) is 0 Å². The molecule has 1 atom stereocenters. The summed E-state index contributed by atoms with van der Waals surface area (Å²) in [5, 5.41) is 1.22. The molecule has 1 unspecified atom stereocenters. The van der Waals surface area contributed by atoms with Crippen LogP contribution in [0.15, 0.2) is 97.5 Å².